The highest BCUT2D eigenvalue weighted by Gasteiger charge is 2.46. The van der Waals surface area contributed by atoms with Gasteiger partial charge >= 0.3 is 6.09 Å². The van der Waals surface area contributed by atoms with Gasteiger partial charge in [-0.1, -0.05) is 18.2 Å². The van der Waals surface area contributed by atoms with Crippen molar-refractivity contribution < 1.29 is 9.53 Å². The third kappa shape index (κ3) is 1.86. The molecule has 4 nitrogen and oxygen atoms in total. The van der Waals surface area contributed by atoms with E-state index >= 15 is 0 Å². The number of para-hydroxylation sites is 1. The summed E-state index contributed by atoms with van der Waals surface area (Å²) in [6, 6.07) is 7.94. The molecule has 1 atom stereocenters. The second-order valence-corrected chi connectivity index (χ2v) is 5.20. The Hall–Kier alpha value is -1.55. The first-order valence-electron chi connectivity index (χ1n) is 6.47. The molecule has 4 heteroatoms. The summed E-state index contributed by atoms with van der Waals surface area (Å²) in [4.78, 5) is 13.8. The first kappa shape index (κ1) is 11.5. The Morgan fingerprint density at radius 2 is 2.22 bits per heavy atom. The Balaban J connectivity index is 1.87. The number of nitrogens with one attached hydrogen (secondary N) is 1. The molecule has 0 aliphatic carbocycles. The molecule has 1 spiro atoms. The maximum atomic E-state index is 12.1. The van der Waals surface area contributed by atoms with Gasteiger partial charge in [0.05, 0.1) is 12.2 Å². The van der Waals surface area contributed by atoms with Crippen molar-refractivity contribution in [2.45, 2.75) is 25.4 Å². The molecule has 2 fully saturated rings. The van der Waals surface area contributed by atoms with E-state index < -0.39 is 0 Å². The molecular formula is C14H18N2O2. The summed E-state index contributed by atoms with van der Waals surface area (Å²) in [7, 11) is 0. The molecule has 1 amide bonds. The van der Waals surface area contributed by atoms with Crippen LogP contribution in [-0.4, -0.2) is 31.3 Å². The molecule has 96 valence electrons. The SMILES string of the molecule is Cc1ccccc1N1CC2(CCCNC2)OC1=O. The van der Waals surface area contributed by atoms with Gasteiger partial charge in [0.15, 0.2) is 0 Å². The second-order valence-electron chi connectivity index (χ2n) is 5.20. The minimum atomic E-state index is -0.322. The summed E-state index contributed by atoms with van der Waals surface area (Å²) in [6.07, 6.45) is 1.80. The van der Waals surface area contributed by atoms with Crippen LogP contribution >= 0.6 is 0 Å². The third-order valence-electron chi connectivity index (χ3n) is 3.81. The van der Waals surface area contributed by atoms with Crippen LogP contribution in [0.25, 0.3) is 0 Å². The van der Waals surface area contributed by atoms with Gasteiger partial charge in [-0.15, -0.1) is 0 Å². The van der Waals surface area contributed by atoms with Crippen molar-refractivity contribution in [2.24, 2.45) is 0 Å². The third-order valence-corrected chi connectivity index (χ3v) is 3.81. The number of benzene rings is 1. The number of carbonyl (C=O) groups is 1. The monoisotopic (exact) mass is 246 g/mol. The Morgan fingerprint density at radius 3 is 2.94 bits per heavy atom. The lowest BCUT2D eigenvalue weighted by molar-refractivity contribution is 0.0366. The van der Waals surface area contributed by atoms with Gasteiger partial charge in [-0.25, -0.2) is 4.79 Å². The number of amides is 1. The number of anilines is 1. The van der Waals surface area contributed by atoms with Crippen LogP contribution in [0.4, 0.5) is 10.5 Å². The van der Waals surface area contributed by atoms with Crippen molar-refractivity contribution in [3.63, 3.8) is 0 Å². The van der Waals surface area contributed by atoms with E-state index in [9.17, 15) is 4.79 Å². The summed E-state index contributed by atoms with van der Waals surface area (Å²) in [5, 5.41) is 3.32. The van der Waals surface area contributed by atoms with E-state index in [4.69, 9.17) is 4.74 Å². The Bertz CT molecular complexity index is 467. The van der Waals surface area contributed by atoms with Crippen LogP contribution in [0.15, 0.2) is 24.3 Å². The standard InChI is InChI=1S/C14H18N2O2/c1-11-5-2-3-6-12(11)16-10-14(18-13(16)17)7-4-8-15-9-14/h2-3,5-6,15H,4,7-10H2,1H3. The summed E-state index contributed by atoms with van der Waals surface area (Å²) in [6.45, 7) is 4.46. The highest BCUT2D eigenvalue weighted by Crippen LogP contribution is 2.33. The summed E-state index contributed by atoms with van der Waals surface area (Å²) >= 11 is 0. The lowest BCUT2D eigenvalue weighted by atomic mass is 9.94. The van der Waals surface area contributed by atoms with E-state index in [1.165, 1.54) is 0 Å². The molecule has 18 heavy (non-hydrogen) atoms. The van der Waals surface area contributed by atoms with Crippen LogP contribution in [-0.2, 0) is 4.74 Å². The van der Waals surface area contributed by atoms with Gasteiger partial charge in [-0.05, 0) is 37.9 Å². The number of piperidine rings is 1. The van der Waals surface area contributed by atoms with Crippen LogP contribution in [0.2, 0.25) is 0 Å². The molecule has 1 N–H and O–H groups in total. The molecule has 1 aromatic carbocycles. The zero-order valence-electron chi connectivity index (χ0n) is 10.6. The number of ether oxygens (including phenoxy) is 1. The topological polar surface area (TPSA) is 41.6 Å². The maximum absolute atomic E-state index is 12.1. The molecule has 3 rings (SSSR count). The van der Waals surface area contributed by atoms with Crippen LogP contribution < -0.4 is 10.2 Å². The second kappa shape index (κ2) is 4.28. The van der Waals surface area contributed by atoms with Crippen molar-refractivity contribution in [1.82, 2.24) is 5.32 Å². The van der Waals surface area contributed by atoms with Crippen molar-refractivity contribution in [2.75, 3.05) is 24.5 Å². The van der Waals surface area contributed by atoms with Gasteiger partial charge in [0.2, 0.25) is 0 Å². The van der Waals surface area contributed by atoms with E-state index in [-0.39, 0.29) is 11.7 Å². The Labute approximate surface area is 107 Å². The molecule has 0 bridgehead atoms. The van der Waals surface area contributed by atoms with Crippen LogP contribution in [0, 0.1) is 6.92 Å². The van der Waals surface area contributed by atoms with Crippen LogP contribution in [0.1, 0.15) is 18.4 Å². The number of aryl methyl sites for hydroxylation is 1. The number of hydrogen-bond acceptors (Lipinski definition) is 3. The average molecular weight is 246 g/mol. The summed E-state index contributed by atoms with van der Waals surface area (Å²) in [5.74, 6) is 0. The maximum Gasteiger partial charge on any atom is 0.415 e. The van der Waals surface area contributed by atoms with Crippen LogP contribution in [0.3, 0.4) is 0 Å². The summed E-state index contributed by atoms with van der Waals surface area (Å²) in [5.41, 5.74) is 1.75. The number of nitrogens with zero attached hydrogens (tertiary/aromatic N) is 1. The molecule has 1 aromatic rings. The number of hydrogen-bond donors (Lipinski definition) is 1. The van der Waals surface area contributed by atoms with E-state index in [1.807, 2.05) is 31.2 Å². The van der Waals surface area contributed by atoms with Crippen molar-refractivity contribution >= 4 is 11.8 Å². The highest BCUT2D eigenvalue weighted by molar-refractivity contribution is 5.91. The fourth-order valence-electron chi connectivity index (χ4n) is 2.84. The molecule has 1 unspecified atom stereocenters. The molecule has 0 aromatic heterocycles. The first-order valence-corrected chi connectivity index (χ1v) is 6.47. The summed E-state index contributed by atoms with van der Waals surface area (Å²) < 4.78 is 5.64. The van der Waals surface area contributed by atoms with Crippen LogP contribution in [0.5, 0.6) is 0 Å². The molecular weight excluding hydrogens is 228 g/mol. The van der Waals surface area contributed by atoms with Crippen molar-refractivity contribution in [3.05, 3.63) is 29.8 Å². The highest BCUT2D eigenvalue weighted by atomic mass is 16.6. The van der Waals surface area contributed by atoms with Gasteiger partial charge in [-0.3, -0.25) is 4.90 Å². The van der Waals surface area contributed by atoms with E-state index in [2.05, 4.69) is 5.32 Å². The van der Waals surface area contributed by atoms with Gasteiger partial charge in [-0.2, -0.15) is 0 Å². The normalized spacial score (nSPS) is 27.6. The van der Waals surface area contributed by atoms with Gasteiger partial charge in [0.25, 0.3) is 0 Å². The predicted octanol–water partition coefficient (Wildman–Crippen LogP) is 2.07. The van der Waals surface area contributed by atoms with Gasteiger partial charge < -0.3 is 10.1 Å². The molecule has 0 saturated carbocycles. The molecule has 2 heterocycles. The lowest BCUT2D eigenvalue weighted by Crippen LogP contribution is -2.48. The van der Waals surface area contributed by atoms with E-state index in [0.29, 0.717) is 6.54 Å². The number of carbonyl (C=O) groups excluding carboxylic acids is 1. The molecule has 2 saturated heterocycles. The average Bonchev–Trinajstić information content (AvgIpc) is 2.67. The van der Waals surface area contributed by atoms with Crippen molar-refractivity contribution in [3.8, 4) is 0 Å². The van der Waals surface area contributed by atoms with E-state index in [1.54, 1.807) is 4.90 Å². The number of rotatable bonds is 1. The predicted molar refractivity (Wildman–Crippen MR) is 69.8 cm³/mol. The molecule has 2 aliphatic heterocycles. The zero-order valence-corrected chi connectivity index (χ0v) is 10.6. The van der Waals surface area contributed by atoms with Gasteiger partial charge in [0.1, 0.15) is 5.60 Å². The van der Waals surface area contributed by atoms with E-state index in [0.717, 1.165) is 37.2 Å². The largest absolute Gasteiger partial charge is 0.439 e. The Morgan fingerprint density at radius 1 is 1.39 bits per heavy atom. The molecule has 0 radical (unpaired) electrons. The molecule has 2 aliphatic rings. The smallest absolute Gasteiger partial charge is 0.415 e. The Kier molecular flexibility index (Phi) is 2.74. The first-order chi connectivity index (χ1) is 8.70. The fourth-order valence-corrected chi connectivity index (χ4v) is 2.84. The zero-order chi connectivity index (χ0) is 12.6. The fraction of sp³-hybridized carbons (Fsp3) is 0.500. The van der Waals surface area contributed by atoms with Crippen molar-refractivity contribution in [1.29, 1.82) is 0 Å². The quantitative estimate of drug-likeness (QED) is 0.824. The van der Waals surface area contributed by atoms with Gasteiger partial charge in [0, 0.05) is 6.54 Å². The minimum Gasteiger partial charge on any atom is -0.439 e. The minimum absolute atomic E-state index is 0.215. The lowest BCUT2D eigenvalue weighted by Gasteiger charge is -2.31.